The molecule has 31 heavy (non-hydrogen) atoms. The highest BCUT2D eigenvalue weighted by molar-refractivity contribution is 7.17. The molecule has 4 aromatic rings. The van der Waals surface area contributed by atoms with Crippen molar-refractivity contribution < 1.29 is 4.79 Å². The molecule has 4 rings (SSSR count). The van der Waals surface area contributed by atoms with Crippen molar-refractivity contribution in [1.82, 2.24) is 9.55 Å². The number of Topliss-reactive ketones (excluding diaryl/α,β-unsaturated/α-hetero) is 1. The number of hydrogen-bond donors (Lipinski definition) is 0. The predicted octanol–water partition coefficient (Wildman–Crippen LogP) is 5.80. The summed E-state index contributed by atoms with van der Waals surface area (Å²) in [6.45, 7) is 10.1. The highest BCUT2D eigenvalue weighted by Gasteiger charge is 2.19. The van der Waals surface area contributed by atoms with Crippen LogP contribution in [0.1, 0.15) is 45.4 Å². The SMILES string of the molecule is CCc1nc2scc(-c3ccc(C)cc3C)c2c(=O)n1CC(=O)c1ccc(C)c(C)c1. The third kappa shape index (κ3) is 3.86. The van der Waals surface area contributed by atoms with Crippen LogP contribution in [0.5, 0.6) is 0 Å². The zero-order valence-electron chi connectivity index (χ0n) is 18.6. The summed E-state index contributed by atoms with van der Waals surface area (Å²) in [5.74, 6) is 0.563. The molecule has 0 atom stereocenters. The molecule has 4 nitrogen and oxygen atoms in total. The minimum atomic E-state index is -0.143. The molecule has 2 aromatic heterocycles. The normalized spacial score (nSPS) is 11.3. The minimum Gasteiger partial charge on any atom is -0.292 e. The van der Waals surface area contributed by atoms with E-state index in [9.17, 15) is 9.59 Å². The van der Waals surface area contributed by atoms with Crippen molar-refractivity contribution in [3.63, 3.8) is 0 Å². The quantitative estimate of drug-likeness (QED) is 0.376. The number of aryl methyl sites for hydroxylation is 5. The molecule has 0 aliphatic rings. The molecule has 2 heterocycles. The van der Waals surface area contributed by atoms with Gasteiger partial charge in [0.15, 0.2) is 5.78 Å². The first-order valence-electron chi connectivity index (χ1n) is 10.5. The van der Waals surface area contributed by atoms with E-state index in [1.54, 1.807) is 4.57 Å². The summed E-state index contributed by atoms with van der Waals surface area (Å²) < 4.78 is 1.56. The molecule has 0 aliphatic carbocycles. The largest absolute Gasteiger partial charge is 0.292 e. The molecular weight excluding hydrogens is 404 g/mol. The van der Waals surface area contributed by atoms with Crippen LogP contribution in [0.3, 0.4) is 0 Å². The van der Waals surface area contributed by atoms with Crippen molar-refractivity contribution in [2.24, 2.45) is 0 Å². The number of aromatic nitrogens is 2. The number of nitrogens with zero attached hydrogens (tertiary/aromatic N) is 2. The van der Waals surface area contributed by atoms with Crippen LogP contribution in [-0.4, -0.2) is 15.3 Å². The van der Waals surface area contributed by atoms with Crippen LogP contribution in [0, 0.1) is 27.7 Å². The van der Waals surface area contributed by atoms with E-state index >= 15 is 0 Å². The number of thiophene rings is 1. The maximum Gasteiger partial charge on any atom is 0.263 e. The fraction of sp³-hybridized carbons (Fsp3) is 0.269. The zero-order valence-corrected chi connectivity index (χ0v) is 19.4. The van der Waals surface area contributed by atoms with Gasteiger partial charge in [0.1, 0.15) is 10.7 Å². The van der Waals surface area contributed by atoms with Gasteiger partial charge in [-0.3, -0.25) is 14.2 Å². The molecule has 0 aliphatic heterocycles. The van der Waals surface area contributed by atoms with E-state index in [1.165, 1.54) is 16.9 Å². The van der Waals surface area contributed by atoms with Crippen molar-refractivity contribution >= 4 is 27.3 Å². The van der Waals surface area contributed by atoms with E-state index in [1.807, 2.05) is 44.4 Å². The Balaban J connectivity index is 1.85. The van der Waals surface area contributed by atoms with E-state index < -0.39 is 0 Å². The van der Waals surface area contributed by atoms with Crippen LogP contribution in [-0.2, 0) is 13.0 Å². The number of hydrogen-bond acceptors (Lipinski definition) is 4. The van der Waals surface area contributed by atoms with Crippen LogP contribution in [0.25, 0.3) is 21.3 Å². The Labute approximate surface area is 186 Å². The van der Waals surface area contributed by atoms with Crippen molar-refractivity contribution in [2.45, 2.75) is 47.6 Å². The average molecular weight is 431 g/mol. The van der Waals surface area contributed by atoms with Crippen LogP contribution < -0.4 is 5.56 Å². The lowest BCUT2D eigenvalue weighted by atomic mass is 9.99. The molecule has 0 N–H and O–H groups in total. The van der Waals surface area contributed by atoms with E-state index in [0.29, 0.717) is 23.2 Å². The summed E-state index contributed by atoms with van der Waals surface area (Å²) in [7, 11) is 0. The number of carbonyl (C=O) groups excluding carboxylic acids is 1. The lowest BCUT2D eigenvalue weighted by Gasteiger charge is -2.12. The molecule has 0 spiro atoms. The van der Waals surface area contributed by atoms with E-state index in [-0.39, 0.29) is 17.9 Å². The molecule has 5 heteroatoms. The second-order valence-electron chi connectivity index (χ2n) is 8.14. The molecule has 0 saturated carbocycles. The van der Waals surface area contributed by atoms with Crippen LogP contribution in [0.15, 0.2) is 46.6 Å². The number of rotatable bonds is 5. The van der Waals surface area contributed by atoms with Gasteiger partial charge in [-0.2, -0.15) is 0 Å². The van der Waals surface area contributed by atoms with Gasteiger partial charge in [-0.25, -0.2) is 4.98 Å². The maximum absolute atomic E-state index is 13.6. The van der Waals surface area contributed by atoms with Gasteiger partial charge < -0.3 is 0 Å². The highest BCUT2D eigenvalue weighted by Crippen LogP contribution is 2.33. The lowest BCUT2D eigenvalue weighted by Crippen LogP contribution is -2.28. The molecule has 2 aromatic carbocycles. The Morgan fingerprint density at radius 3 is 2.42 bits per heavy atom. The van der Waals surface area contributed by atoms with Gasteiger partial charge in [-0.1, -0.05) is 42.8 Å². The van der Waals surface area contributed by atoms with Crippen molar-refractivity contribution in [1.29, 1.82) is 0 Å². The van der Waals surface area contributed by atoms with Gasteiger partial charge in [0, 0.05) is 22.9 Å². The number of carbonyl (C=O) groups is 1. The third-order valence-electron chi connectivity index (χ3n) is 5.89. The number of benzene rings is 2. The fourth-order valence-electron chi connectivity index (χ4n) is 3.96. The van der Waals surface area contributed by atoms with Gasteiger partial charge in [0.2, 0.25) is 0 Å². The predicted molar refractivity (Wildman–Crippen MR) is 128 cm³/mol. The van der Waals surface area contributed by atoms with Gasteiger partial charge in [0.05, 0.1) is 11.9 Å². The number of ketones is 1. The minimum absolute atomic E-state index is 0.00435. The summed E-state index contributed by atoms with van der Waals surface area (Å²) >= 11 is 1.48. The smallest absolute Gasteiger partial charge is 0.263 e. The van der Waals surface area contributed by atoms with Crippen molar-refractivity contribution in [3.8, 4) is 11.1 Å². The average Bonchev–Trinajstić information content (AvgIpc) is 3.15. The van der Waals surface area contributed by atoms with Gasteiger partial charge in [-0.15, -0.1) is 11.3 Å². The van der Waals surface area contributed by atoms with Crippen LogP contribution >= 0.6 is 11.3 Å². The first-order chi connectivity index (χ1) is 14.8. The van der Waals surface area contributed by atoms with Crippen LogP contribution in [0.2, 0.25) is 0 Å². The lowest BCUT2D eigenvalue weighted by molar-refractivity contribution is 0.0969. The molecule has 0 bridgehead atoms. The van der Waals surface area contributed by atoms with Gasteiger partial charge in [-0.05, 0) is 56.0 Å². The summed E-state index contributed by atoms with van der Waals surface area (Å²) in [4.78, 5) is 32.1. The van der Waals surface area contributed by atoms with Crippen molar-refractivity contribution in [3.05, 3.63) is 85.8 Å². The topological polar surface area (TPSA) is 52.0 Å². The molecule has 0 radical (unpaired) electrons. The second kappa shape index (κ2) is 8.23. The molecule has 158 valence electrons. The van der Waals surface area contributed by atoms with E-state index in [2.05, 4.69) is 32.0 Å². The summed E-state index contributed by atoms with van der Waals surface area (Å²) in [6, 6.07) is 11.9. The Bertz CT molecular complexity index is 1380. The Morgan fingerprint density at radius 2 is 1.74 bits per heavy atom. The molecule has 0 unspecified atom stereocenters. The molecule has 0 amide bonds. The highest BCUT2D eigenvalue weighted by atomic mass is 32.1. The second-order valence-corrected chi connectivity index (χ2v) is 9.00. The zero-order chi connectivity index (χ0) is 22.3. The molecule has 0 fully saturated rings. The maximum atomic E-state index is 13.6. The molecular formula is C26H26N2O2S. The van der Waals surface area contributed by atoms with E-state index in [4.69, 9.17) is 4.98 Å². The Hall–Kier alpha value is -3.05. The standard InChI is InChI=1S/C26H26N2O2S/c1-6-23-27-25-24(21(14-31-25)20-10-7-15(2)11-18(20)5)26(30)28(23)13-22(29)19-9-8-16(3)17(4)12-19/h7-12,14H,6,13H2,1-5H3. The van der Waals surface area contributed by atoms with Gasteiger partial charge in [0.25, 0.3) is 5.56 Å². The third-order valence-corrected chi connectivity index (χ3v) is 6.76. The van der Waals surface area contributed by atoms with Gasteiger partial charge >= 0.3 is 0 Å². The van der Waals surface area contributed by atoms with Crippen LogP contribution in [0.4, 0.5) is 0 Å². The fourth-order valence-corrected chi connectivity index (χ4v) is 4.91. The Morgan fingerprint density at radius 1 is 0.968 bits per heavy atom. The first-order valence-corrected chi connectivity index (χ1v) is 11.4. The number of fused-ring (bicyclic) bond motifs is 1. The monoisotopic (exact) mass is 430 g/mol. The summed E-state index contributed by atoms with van der Waals surface area (Å²) in [6.07, 6.45) is 0.585. The summed E-state index contributed by atoms with van der Waals surface area (Å²) in [5, 5.41) is 2.60. The Kier molecular flexibility index (Phi) is 5.63. The first kappa shape index (κ1) is 21.2. The van der Waals surface area contributed by atoms with E-state index in [0.717, 1.165) is 32.6 Å². The van der Waals surface area contributed by atoms with Crippen molar-refractivity contribution in [2.75, 3.05) is 0 Å². The summed E-state index contributed by atoms with van der Waals surface area (Å²) in [5.41, 5.74) is 6.92. The molecule has 0 saturated heterocycles.